The maximum atomic E-state index is 11.2. The minimum absolute atomic E-state index is 0.284. The van der Waals surface area contributed by atoms with Gasteiger partial charge < -0.3 is 10.6 Å². The summed E-state index contributed by atoms with van der Waals surface area (Å²) in [5, 5.41) is 6.11. The van der Waals surface area contributed by atoms with Gasteiger partial charge in [0.1, 0.15) is 0 Å². The molecule has 0 unspecified atom stereocenters. The lowest BCUT2D eigenvalue weighted by atomic mass is 10.1. The Balaban J connectivity index is 2.97. The SMILES string of the molecule is [N-]=NN=CC(=O)c1ccc(Cl)c(Cl)c1. The molecule has 0 N–H and O–H groups in total. The number of hydrogen-bond donors (Lipinski definition) is 0. The molecular weight excluding hydrogens is 225 g/mol. The van der Waals surface area contributed by atoms with Crippen LogP contribution >= 0.6 is 23.2 Å². The molecule has 0 radical (unpaired) electrons. The zero-order chi connectivity index (χ0) is 10.6. The number of carbonyl (C=O) groups is 1. The van der Waals surface area contributed by atoms with E-state index in [0.717, 1.165) is 6.21 Å². The highest BCUT2D eigenvalue weighted by molar-refractivity contribution is 6.43. The van der Waals surface area contributed by atoms with E-state index < -0.39 is 5.78 Å². The van der Waals surface area contributed by atoms with E-state index in [-0.39, 0.29) is 5.02 Å². The van der Waals surface area contributed by atoms with Crippen molar-refractivity contribution in [3.8, 4) is 0 Å². The van der Waals surface area contributed by atoms with Gasteiger partial charge in [-0.2, -0.15) is 0 Å². The summed E-state index contributed by atoms with van der Waals surface area (Å²) in [5.74, 6) is -0.415. The molecule has 0 amide bonds. The van der Waals surface area contributed by atoms with Gasteiger partial charge >= 0.3 is 0 Å². The van der Waals surface area contributed by atoms with Crippen molar-refractivity contribution in [3.63, 3.8) is 0 Å². The predicted octanol–water partition coefficient (Wildman–Crippen LogP) is 3.18. The first-order chi connectivity index (χ1) is 6.65. The minimum atomic E-state index is -0.415. The molecular formula is C8H4Cl2N3O-. The van der Waals surface area contributed by atoms with E-state index in [9.17, 15) is 4.79 Å². The van der Waals surface area contributed by atoms with Crippen molar-refractivity contribution in [1.29, 1.82) is 0 Å². The minimum Gasteiger partial charge on any atom is -0.362 e. The maximum absolute atomic E-state index is 11.2. The second-order valence-corrected chi connectivity index (χ2v) is 3.14. The van der Waals surface area contributed by atoms with Crippen LogP contribution in [0.25, 0.3) is 5.53 Å². The summed E-state index contributed by atoms with van der Waals surface area (Å²) in [7, 11) is 0. The molecule has 0 aliphatic rings. The molecule has 6 heteroatoms. The largest absolute Gasteiger partial charge is 0.362 e. The molecule has 0 heterocycles. The van der Waals surface area contributed by atoms with E-state index in [1.165, 1.54) is 18.2 Å². The monoisotopic (exact) mass is 228 g/mol. The fraction of sp³-hybridized carbons (Fsp3) is 0. The topological polar surface area (TPSA) is 64.1 Å². The average Bonchev–Trinajstić information content (AvgIpc) is 2.18. The summed E-state index contributed by atoms with van der Waals surface area (Å²) in [6, 6.07) is 4.41. The van der Waals surface area contributed by atoms with Crippen molar-refractivity contribution in [2.75, 3.05) is 0 Å². The van der Waals surface area contributed by atoms with Crippen molar-refractivity contribution < 1.29 is 4.79 Å². The van der Waals surface area contributed by atoms with Crippen LogP contribution in [0.1, 0.15) is 10.4 Å². The van der Waals surface area contributed by atoms with Crippen LogP contribution in [0, 0.1) is 0 Å². The molecule has 0 bridgehead atoms. The van der Waals surface area contributed by atoms with Crippen LogP contribution in [0.15, 0.2) is 28.5 Å². The van der Waals surface area contributed by atoms with Crippen LogP contribution in [-0.4, -0.2) is 12.0 Å². The summed E-state index contributed by atoms with van der Waals surface area (Å²) in [4.78, 5) is 11.2. The summed E-state index contributed by atoms with van der Waals surface area (Å²) >= 11 is 11.3. The first-order valence-corrected chi connectivity index (χ1v) is 4.27. The quantitative estimate of drug-likeness (QED) is 0.339. The summed E-state index contributed by atoms with van der Waals surface area (Å²) in [6.07, 6.45) is 0.875. The zero-order valence-corrected chi connectivity index (χ0v) is 8.33. The number of benzene rings is 1. The number of nitrogens with zero attached hydrogens (tertiary/aromatic N) is 3. The molecule has 0 aromatic heterocycles. The molecule has 0 atom stereocenters. The van der Waals surface area contributed by atoms with E-state index in [4.69, 9.17) is 28.7 Å². The first kappa shape index (κ1) is 10.8. The van der Waals surface area contributed by atoms with Crippen molar-refractivity contribution >= 4 is 35.2 Å². The van der Waals surface area contributed by atoms with Crippen LogP contribution in [0.3, 0.4) is 0 Å². The van der Waals surface area contributed by atoms with Crippen molar-refractivity contribution in [2.45, 2.75) is 0 Å². The van der Waals surface area contributed by atoms with Gasteiger partial charge in [-0.05, 0) is 24.4 Å². The maximum Gasteiger partial charge on any atom is 0.183 e. The molecule has 0 spiro atoms. The molecule has 0 fully saturated rings. The van der Waals surface area contributed by atoms with Gasteiger partial charge in [0.15, 0.2) is 5.78 Å². The lowest BCUT2D eigenvalue weighted by Gasteiger charge is -1.99. The predicted molar refractivity (Wildman–Crippen MR) is 55.1 cm³/mol. The second-order valence-electron chi connectivity index (χ2n) is 2.33. The van der Waals surface area contributed by atoms with E-state index in [2.05, 4.69) is 10.3 Å². The molecule has 4 nitrogen and oxygen atoms in total. The number of hydrogen-bond acceptors (Lipinski definition) is 2. The number of carbonyl (C=O) groups excluding carboxylic acids is 1. The van der Waals surface area contributed by atoms with E-state index in [0.29, 0.717) is 10.6 Å². The van der Waals surface area contributed by atoms with Gasteiger partial charge in [-0.15, -0.1) is 0 Å². The van der Waals surface area contributed by atoms with Crippen LogP contribution < -0.4 is 0 Å². The van der Waals surface area contributed by atoms with Crippen molar-refractivity contribution in [1.82, 2.24) is 0 Å². The molecule has 1 aromatic rings. The lowest BCUT2D eigenvalue weighted by molar-refractivity contribution is 0.107. The summed E-state index contributed by atoms with van der Waals surface area (Å²) in [6.45, 7) is 0. The summed E-state index contributed by atoms with van der Waals surface area (Å²) in [5.41, 5.74) is 8.31. The molecule has 0 saturated carbocycles. The molecule has 0 saturated heterocycles. The van der Waals surface area contributed by atoms with E-state index in [1.54, 1.807) is 0 Å². The highest BCUT2D eigenvalue weighted by atomic mass is 35.5. The fourth-order valence-corrected chi connectivity index (χ4v) is 1.10. The Kier molecular flexibility index (Phi) is 3.73. The van der Waals surface area contributed by atoms with Crippen LogP contribution in [0.2, 0.25) is 10.0 Å². The van der Waals surface area contributed by atoms with Gasteiger partial charge in [0.05, 0.1) is 10.0 Å². The van der Waals surface area contributed by atoms with Crippen LogP contribution in [0.4, 0.5) is 0 Å². The number of halogens is 2. The third-order valence-corrected chi connectivity index (χ3v) is 2.17. The molecule has 1 aromatic carbocycles. The van der Waals surface area contributed by atoms with E-state index >= 15 is 0 Å². The third kappa shape index (κ3) is 2.61. The Morgan fingerprint density at radius 2 is 2.07 bits per heavy atom. The fourth-order valence-electron chi connectivity index (χ4n) is 0.802. The standard InChI is InChI=1S/C8H4Cl2N3O/c9-6-2-1-5(3-7(6)10)8(14)4-12-13-11/h1-4H/q-1. The van der Waals surface area contributed by atoms with Crippen molar-refractivity contribution in [2.24, 2.45) is 10.3 Å². The Hall–Kier alpha value is -1.26. The Bertz CT molecular complexity index is 404. The van der Waals surface area contributed by atoms with Crippen LogP contribution in [0.5, 0.6) is 0 Å². The van der Waals surface area contributed by atoms with Gasteiger partial charge in [0.2, 0.25) is 0 Å². The van der Waals surface area contributed by atoms with Gasteiger partial charge in [0, 0.05) is 5.56 Å². The van der Waals surface area contributed by atoms with Gasteiger partial charge in [-0.3, -0.25) is 10.0 Å². The smallest absolute Gasteiger partial charge is 0.183 e. The Morgan fingerprint density at radius 1 is 1.36 bits per heavy atom. The van der Waals surface area contributed by atoms with Gasteiger partial charge in [-0.25, -0.2) is 0 Å². The third-order valence-electron chi connectivity index (χ3n) is 1.43. The van der Waals surface area contributed by atoms with Crippen molar-refractivity contribution in [3.05, 3.63) is 39.3 Å². The number of Topliss-reactive ketones (excluding diaryl/α,β-unsaturated/α-hetero) is 1. The number of rotatable bonds is 3. The van der Waals surface area contributed by atoms with Gasteiger partial charge in [0.25, 0.3) is 0 Å². The highest BCUT2D eigenvalue weighted by Gasteiger charge is 2.03. The normalized spacial score (nSPS) is 10.4. The molecule has 0 aliphatic carbocycles. The molecule has 72 valence electrons. The first-order valence-electron chi connectivity index (χ1n) is 3.52. The summed E-state index contributed by atoms with van der Waals surface area (Å²) < 4.78 is 0. The molecule has 1 rings (SSSR count). The second kappa shape index (κ2) is 4.83. The Labute approximate surface area is 90.0 Å². The van der Waals surface area contributed by atoms with Crippen LogP contribution in [-0.2, 0) is 0 Å². The van der Waals surface area contributed by atoms with E-state index in [1.807, 2.05) is 0 Å². The molecule has 0 aliphatic heterocycles. The average molecular weight is 229 g/mol. The van der Waals surface area contributed by atoms with Gasteiger partial charge in [-0.1, -0.05) is 23.2 Å². The lowest BCUT2D eigenvalue weighted by Crippen LogP contribution is -1.99. The molecule has 14 heavy (non-hydrogen) atoms. The Morgan fingerprint density at radius 3 is 2.64 bits per heavy atom. The highest BCUT2D eigenvalue weighted by Crippen LogP contribution is 2.22. The zero-order valence-electron chi connectivity index (χ0n) is 6.82. The number of ketones is 1.